The van der Waals surface area contributed by atoms with Crippen LogP contribution in [0.2, 0.25) is 5.02 Å². The smallest absolute Gasteiger partial charge is 0.407 e. The van der Waals surface area contributed by atoms with Crippen LogP contribution in [0, 0.1) is 17.2 Å². The summed E-state index contributed by atoms with van der Waals surface area (Å²) in [7, 11) is 0. The SMILES string of the molecule is N#Cc1ccc(Cl)c(-c2ccc3c(c2)c(NC(=O)C2CCN(C(=O)O)CC2)nn3C(c2ccccc2)(c2ccccc2)c2ccccc2)c1. The molecule has 2 amide bonds. The number of carbonyl (C=O) groups is 2. The molecule has 1 aliphatic heterocycles. The van der Waals surface area contributed by atoms with E-state index in [0.717, 1.165) is 27.8 Å². The maximum Gasteiger partial charge on any atom is 0.407 e. The van der Waals surface area contributed by atoms with Crippen LogP contribution < -0.4 is 5.32 Å². The van der Waals surface area contributed by atoms with Crippen molar-refractivity contribution >= 4 is 40.3 Å². The third-order valence-electron chi connectivity index (χ3n) is 9.36. The summed E-state index contributed by atoms with van der Waals surface area (Å²) in [4.78, 5) is 26.7. The molecule has 1 saturated heterocycles. The lowest BCUT2D eigenvalue weighted by atomic mass is 9.77. The van der Waals surface area contributed by atoms with Gasteiger partial charge in [-0.15, -0.1) is 0 Å². The zero-order chi connectivity index (χ0) is 34.0. The number of hydrogen-bond donors (Lipinski definition) is 2. The van der Waals surface area contributed by atoms with Crippen LogP contribution in [0.1, 0.15) is 35.1 Å². The highest BCUT2D eigenvalue weighted by Crippen LogP contribution is 2.44. The van der Waals surface area contributed by atoms with Crippen LogP contribution in [0.4, 0.5) is 10.6 Å². The average Bonchev–Trinajstić information content (AvgIpc) is 3.50. The van der Waals surface area contributed by atoms with Crippen molar-refractivity contribution in [3.8, 4) is 17.2 Å². The van der Waals surface area contributed by atoms with Gasteiger partial charge in [0.15, 0.2) is 5.82 Å². The molecule has 5 aromatic carbocycles. The lowest BCUT2D eigenvalue weighted by Gasteiger charge is -2.37. The summed E-state index contributed by atoms with van der Waals surface area (Å²) in [5, 5.41) is 28.6. The molecule has 0 saturated carbocycles. The summed E-state index contributed by atoms with van der Waals surface area (Å²) in [5.74, 6) is -0.207. The number of carboxylic acid groups (broad SMARTS) is 1. The summed E-state index contributed by atoms with van der Waals surface area (Å²) < 4.78 is 1.99. The van der Waals surface area contributed by atoms with Gasteiger partial charge in [-0.3, -0.25) is 4.79 Å². The number of piperidine rings is 1. The molecule has 8 nitrogen and oxygen atoms in total. The molecule has 2 heterocycles. The van der Waals surface area contributed by atoms with Crippen LogP contribution in [0.15, 0.2) is 127 Å². The maximum atomic E-state index is 13.9. The molecule has 0 atom stereocenters. The molecular formula is C40H32ClN5O3. The minimum atomic E-state index is -0.977. The summed E-state index contributed by atoms with van der Waals surface area (Å²) in [6, 6.07) is 43.8. The van der Waals surface area contributed by atoms with Gasteiger partial charge in [-0.1, -0.05) is 109 Å². The van der Waals surface area contributed by atoms with E-state index in [1.54, 1.807) is 18.2 Å². The van der Waals surface area contributed by atoms with Crippen molar-refractivity contribution in [3.63, 3.8) is 0 Å². The molecule has 0 unspecified atom stereocenters. The number of hydrogen-bond acceptors (Lipinski definition) is 4. The molecule has 6 aromatic rings. The van der Waals surface area contributed by atoms with Gasteiger partial charge >= 0.3 is 6.09 Å². The second-order valence-electron chi connectivity index (χ2n) is 12.1. The number of rotatable bonds is 7. The van der Waals surface area contributed by atoms with Gasteiger partial charge in [0.05, 0.1) is 17.1 Å². The first-order valence-electron chi connectivity index (χ1n) is 16.1. The average molecular weight is 666 g/mol. The molecule has 49 heavy (non-hydrogen) atoms. The highest BCUT2D eigenvalue weighted by atomic mass is 35.5. The summed E-state index contributed by atoms with van der Waals surface area (Å²) in [6.07, 6.45) is -0.143. The number of nitriles is 1. The topological polar surface area (TPSA) is 111 Å². The normalized spacial score (nSPS) is 13.6. The lowest BCUT2D eigenvalue weighted by molar-refractivity contribution is -0.121. The Morgan fingerprint density at radius 1 is 0.816 bits per heavy atom. The molecule has 7 rings (SSSR count). The third-order valence-corrected chi connectivity index (χ3v) is 9.69. The number of benzene rings is 5. The third kappa shape index (κ3) is 5.79. The number of nitrogens with one attached hydrogen (secondary N) is 1. The number of aromatic nitrogens is 2. The fourth-order valence-corrected chi connectivity index (χ4v) is 7.13. The van der Waals surface area contributed by atoms with Crippen LogP contribution >= 0.6 is 11.6 Å². The van der Waals surface area contributed by atoms with Crippen LogP contribution in [0.5, 0.6) is 0 Å². The van der Waals surface area contributed by atoms with E-state index in [-0.39, 0.29) is 11.8 Å². The second kappa shape index (κ2) is 13.3. The van der Waals surface area contributed by atoms with E-state index in [1.165, 1.54) is 4.90 Å². The highest BCUT2D eigenvalue weighted by Gasteiger charge is 2.41. The van der Waals surface area contributed by atoms with E-state index >= 15 is 0 Å². The minimum absolute atomic E-state index is 0.212. The van der Waals surface area contributed by atoms with Gasteiger partial charge in [-0.25, -0.2) is 9.48 Å². The van der Waals surface area contributed by atoms with Crippen molar-refractivity contribution in [2.45, 2.75) is 18.4 Å². The Bertz CT molecular complexity index is 2090. The molecule has 0 aliphatic carbocycles. The van der Waals surface area contributed by atoms with Crippen LogP contribution in [0.25, 0.3) is 22.0 Å². The molecule has 242 valence electrons. The van der Waals surface area contributed by atoms with Crippen LogP contribution in [-0.4, -0.2) is 44.9 Å². The van der Waals surface area contributed by atoms with Gasteiger partial charge in [-0.05, 0) is 65.4 Å². The number of amides is 2. The minimum Gasteiger partial charge on any atom is -0.465 e. The van der Waals surface area contributed by atoms with Gasteiger partial charge in [0, 0.05) is 35.0 Å². The van der Waals surface area contributed by atoms with Crippen LogP contribution in [-0.2, 0) is 10.3 Å². The molecule has 1 aromatic heterocycles. The Morgan fingerprint density at radius 2 is 1.39 bits per heavy atom. The van der Waals surface area contributed by atoms with Gasteiger partial charge in [-0.2, -0.15) is 10.4 Å². The van der Waals surface area contributed by atoms with E-state index < -0.39 is 11.6 Å². The molecule has 0 radical (unpaired) electrons. The largest absolute Gasteiger partial charge is 0.465 e. The number of fused-ring (bicyclic) bond motifs is 1. The van der Waals surface area contributed by atoms with E-state index in [2.05, 4.69) is 47.8 Å². The van der Waals surface area contributed by atoms with Gasteiger partial charge in [0.1, 0.15) is 5.54 Å². The van der Waals surface area contributed by atoms with Crippen molar-refractivity contribution in [3.05, 3.63) is 155 Å². The lowest BCUT2D eigenvalue weighted by Crippen LogP contribution is -2.41. The van der Waals surface area contributed by atoms with Crippen molar-refractivity contribution < 1.29 is 14.7 Å². The number of likely N-dealkylation sites (tertiary alicyclic amines) is 1. The summed E-state index contributed by atoms with van der Waals surface area (Å²) in [5.41, 5.74) is 4.69. The molecule has 9 heteroatoms. The van der Waals surface area contributed by atoms with Crippen molar-refractivity contribution in [2.24, 2.45) is 5.92 Å². The Morgan fingerprint density at radius 3 is 1.92 bits per heavy atom. The number of carbonyl (C=O) groups excluding carboxylic acids is 1. The quantitative estimate of drug-likeness (QED) is 0.166. The fourth-order valence-electron chi connectivity index (χ4n) is 6.91. The Kier molecular flexibility index (Phi) is 8.60. The zero-order valence-corrected chi connectivity index (χ0v) is 27.2. The van der Waals surface area contributed by atoms with E-state index in [0.29, 0.717) is 53.3 Å². The van der Waals surface area contributed by atoms with Crippen molar-refractivity contribution in [1.82, 2.24) is 14.7 Å². The first kappa shape index (κ1) is 31.7. The maximum absolute atomic E-state index is 13.9. The van der Waals surface area contributed by atoms with Gasteiger partial charge in [0.25, 0.3) is 0 Å². The fraction of sp³-hybridized carbons (Fsp3) is 0.150. The molecule has 0 spiro atoms. The van der Waals surface area contributed by atoms with E-state index in [4.69, 9.17) is 16.7 Å². The standard InChI is InChI=1S/C40H32ClN5O3/c41-35-18-16-27(26-42)24-33(35)29-17-19-36-34(25-29)37(43-38(47)28-20-22-45(23-21-28)39(48)49)44-46(36)40(30-10-4-1-5-11-30,31-12-6-2-7-13-31)32-14-8-3-9-15-32/h1-19,24-25,28H,20-23H2,(H,48,49)(H,43,44,47). The van der Waals surface area contributed by atoms with E-state index in [1.807, 2.05) is 77.5 Å². The summed E-state index contributed by atoms with van der Waals surface area (Å²) in [6.45, 7) is 0.583. The van der Waals surface area contributed by atoms with Gasteiger partial charge < -0.3 is 15.3 Å². The first-order chi connectivity index (χ1) is 23.9. The monoisotopic (exact) mass is 665 g/mol. The molecular weight excluding hydrogens is 634 g/mol. The predicted octanol–water partition coefficient (Wildman–Crippen LogP) is 8.40. The molecule has 0 bridgehead atoms. The highest BCUT2D eigenvalue weighted by molar-refractivity contribution is 6.33. The molecule has 1 fully saturated rings. The van der Waals surface area contributed by atoms with Gasteiger partial charge in [0.2, 0.25) is 5.91 Å². The second-order valence-corrected chi connectivity index (χ2v) is 12.5. The Labute approximate surface area is 288 Å². The molecule has 2 N–H and O–H groups in total. The number of halogens is 1. The zero-order valence-electron chi connectivity index (χ0n) is 26.5. The number of anilines is 1. The Balaban J connectivity index is 1.47. The molecule has 1 aliphatic rings. The number of nitrogens with zero attached hydrogens (tertiary/aromatic N) is 4. The van der Waals surface area contributed by atoms with Crippen molar-refractivity contribution in [2.75, 3.05) is 18.4 Å². The van der Waals surface area contributed by atoms with E-state index in [9.17, 15) is 20.0 Å². The van der Waals surface area contributed by atoms with Crippen molar-refractivity contribution in [1.29, 1.82) is 5.26 Å². The first-order valence-corrected chi connectivity index (χ1v) is 16.5. The summed E-state index contributed by atoms with van der Waals surface area (Å²) >= 11 is 6.67. The predicted molar refractivity (Wildman–Crippen MR) is 190 cm³/mol. The Hall–Kier alpha value is -5.91. The van der Waals surface area contributed by atoms with Crippen LogP contribution in [0.3, 0.4) is 0 Å².